The van der Waals surface area contributed by atoms with Crippen molar-refractivity contribution in [3.63, 3.8) is 0 Å². The fourth-order valence-corrected chi connectivity index (χ4v) is 3.63. The summed E-state index contributed by atoms with van der Waals surface area (Å²) in [6, 6.07) is 1.62. The molecule has 2 aliphatic heterocycles. The van der Waals surface area contributed by atoms with Crippen LogP contribution in [0, 0.1) is 5.92 Å². The van der Waals surface area contributed by atoms with E-state index in [0.717, 1.165) is 18.0 Å². The Kier molecular flexibility index (Phi) is 4.22. The molecular formula is C15H29N3. The highest BCUT2D eigenvalue weighted by atomic mass is 15.3. The van der Waals surface area contributed by atoms with Crippen LogP contribution in [0.15, 0.2) is 0 Å². The molecule has 3 aliphatic rings. The van der Waals surface area contributed by atoms with E-state index in [4.69, 9.17) is 0 Å². The van der Waals surface area contributed by atoms with E-state index in [1.165, 1.54) is 71.4 Å². The first-order valence-electron chi connectivity index (χ1n) is 8.03. The molecule has 0 bridgehead atoms. The maximum Gasteiger partial charge on any atom is 0.0235 e. The van der Waals surface area contributed by atoms with Crippen LogP contribution >= 0.6 is 0 Å². The molecular weight excluding hydrogens is 222 g/mol. The Morgan fingerprint density at radius 3 is 2.61 bits per heavy atom. The molecule has 3 nitrogen and oxygen atoms in total. The number of nitrogens with one attached hydrogen (secondary N) is 1. The van der Waals surface area contributed by atoms with Gasteiger partial charge in [-0.2, -0.15) is 0 Å². The van der Waals surface area contributed by atoms with Gasteiger partial charge < -0.3 is 10.2 Å². The van der Waals surface area contributed by atoms with Crippen molar-refractivity contribution in [2.45, 2.75) is 51.1 Å². The summed E-state index contributed by atoms with van der Waals surface area (Å²) < 4.78 is 0. The quantitative estimate of drug-likeness (QED) is 0.772. The maximum atomic E-state index is 3.70. The zero-order chi connectivity index (χ0) is 12.4. The molecule has 2 heterocycles. The minimum Gasteiger partial charge on any atom is -0.313 e. The van der Waals surface area contributed by atoms with Crippen LogP contribution in [0.2, 0.25) is 0 Å². The van der Waals surface area contributed by atoms with Gasteiger partial charge in [-0.15, -0.1) is 0 Å². The highest BCUT2D eigenvalue weighted by Gasteiger charge is 2.30. The lowest BCUT2D eigenvalue weighted by atomic mass is 10.2. The van der Waals surface area contributed by atoms with Gasteiger partial charge in [0.15, 0.2) is 0 Å². The Morgan fingerprint density at radius 2 is 1.89 bits per heavy atom. The molecule has 1 N–H and O–H groups in total. The number of hydrogen-bond donors (Lipinski definition) is 1. The predicted molar refractivity (Wildman–Crippen MR) is 75.8 cm³/mol. The van der Waals surface area contributed by atoms with Crippen molar-refractivity contribution in [2.24, 2.45) is 5.92 Å². The van der Waals surface area contributed by atoms with Crippen molar-refractivity contribution in [1.82, 2.24) is 15.1 Å². The van der Waals surface area contributed by atoms with Crippen LogP contribution in [-0.2, 0) is 0 Å². The third kappa shape index (κ3) is 3.25. The molecule has 3 heteroatoms. The van der Waals surface area contributed by atoms with Gasteiger partial charge in [0, 0.05) is 31.7 Å². The van der Waals surface area contributed by atoms with Gasteiger partial charge in [0.2, 0.25) is 0 Å². The fourth-order valence-electron chi connectivity index (χ4n) is 3.63. The molecule has 1 saturated carbocycles. The molecule has 2 atom stereocenters. The van der Waals surface area contributed by atoms with Gasteiger partial charge in [0.1, 0.15) is 0 Å². The zero-order valence-corrected chi connectivity index (χ0v) is 11.9. The summed E-state index contributed by atoms with van der Waals surface area (Å²) in [5, 5.41) is 3.70. The number of hydrogen-bond acceptors (Lipinski definition) is 3. The lowest BCUT2D eigenvalue weighted by Crippen LogP contribution is -2.38. The molecule has 2 unspecified atom stereocenters. The zero-order valence-electron chi connectivity index (χ0n) is 11.9. The molecule has 0 aromatic carbocycles. The topological polar surface area (TPSA) is 18.5 Å². The van der Waals surface area contributed by atoms with E-state index in [1.54, 1.807) is 0 Å². The van der Waals surface area contributed by atoms with E-state index in [1.807, 2.05) is 0 Å². The van der Waals surface area contributed by atoms with Crippen molar-refractivity contribution in [3.8, 4) is 0 Å². The molecule has 18 heavy (non-hydrogen) atoms. The van der Waals surface area contributed by atoms with Gasteiger partial charge in [-0.3, -0.25) is 4.90 Å². The summed E-state index contributed by atoms with van der Waals surface area (Å²) in [7, 11) is 0. The summed E-state index contributed by atoms with van der Waals surface area (Å²) in [6.45, 7) is 10.1. The van der Waals surface area contributed by atoms with E-state index in [2.05, 4.69) is 22.0 Å². The normalized spacial score (nSPS) is 32.2. The van der Waals surface area contributed by atoms with Crippen LogP contribution < -0.4 is 5.32 Å². The second-order valence-electron chi connectivity index (χ2n) is 6.57. The summed E-state index contributed by atoms with van der Waals surface area (Å²) in [4.78, 5) is 5.38. The van der Waals surface area contributed by atoms with E-state index in [9.17, 15) is 0 Å². The molecule has 0 spiro atoms. The highest BCUT2D eigenvalue weighted by Crippen LogP contribution is 2.32. The molecule has 2 saturated heterocycles. The number of likely N-dealkylation sites (tertiary alicyclic amines) is 2. The second kappa shape index (κ2) is 5.89. The van der Waals surface area contributed by atoms with Gasteiger partial charge in [0.05, 0.1) is 0 Å². The second-order valence-corrected chi connectivity index (χ2v) is 6.57. The Balaban J connectivity index is 1.31. The minimum atomic E-state index is 0.752. The first kappa shape index (κ1) is 12.9. The first-order chi connectivity index (χ1) is 8.83. The molecule has 0 aromatic rings. The smallest absolute Gasteiger partial charge is 0.0235 e. The third-order valence-corrected chi connectivity index (χ3v) is 5.13. The van der Waals surface area contributed by atoms with Gasteiger partial charge >= 0.3 is 0 Å². The van der Waals surface area contributed by atoms with E-state index < -0.39 is 0 Å². The molecule has 0 radical (unpaired) electrons. The summed E-state index contributed by atoms with van der Waals surface area (Å²) >= 11 is 0. The molecule has 0 amide bonds. The summed E-state index contributed by atoms with van der Waals surface area (Å²) in [5.74, 6) is 0.987. The Labute approximate surface area is 112 Å². The Morgan fingerprint density at radius 1 is 1.11 bits per heavy atom. The largest absolute Gasteiger partial charge is 0.313 e. The Hall–Kier alpha value is -0.120. The van der Waals surface area contributed by atoms with Crippen molar-refractivity contribution in [1.29, 1.82) is 0 Å². The van der Waals surface area contributed by atoms with Crippen LogP contribution in [0.3, 0.4) is 0 Å². The van der Waals surface area contributed by atoms with Crippen LogP contribution in [0.1, 0.15) is 39.0 Å². The van der Waals surface area contributed by atoms with Gasteiger partial charge in [-0.25, -0.2) is 0 Å². The van der Waals surface area contributed by atoms with Crippen molar-refractivity contribution >= 4 is 0 Å². The summed E-state index contributed by atoms with van der Waals surface area (Å²) in [6.07, 6.45) is 7.16. The molecule has 3 rings (SSSR count). The molecule has 3 fully saturated rings. The SMILES string of the molecule is CC(NCCN1CCC(N2CCCC2)C1)C1CC1. The third-order valence-electron chi connectivity index (χ3n) is 5.13. The van der Waals surface area contributed by atoms with E-state index in [0.29, 0.717) is 0 Å². The highest BCUT2D eigenvalue weighted by molar-refractivity contribution is 4.87. The Bertz CT molecular complexity index is 258. The summed E-state index contributed by atoms with van der Waals surface area (Å²) in [5.41, 5.74) is 0. The fraction of sp³-hybridized carbons (Fsp3) is 1.00. The molecule has 104 valence electrons. The monoisotopic (exact) mass is 251 g/mol. The van der Waals surface area contributed by atoms with Gasteiger partial charge in [-0.05, 0) is 64.6 Å². The lowest BCUT2D eigenvalue weighted by molar-refractivity contribution is 0.231. The molecule has 1 aliphatic carbocycles. The van der Waals surface area contributed by atoms with Crippen molar-refractivity contribution in [3.05, 3.63) is 0 Å². The minimum absolute atomic E-state index is 0.752. The predicted octanol–water partition coefficient (Wildman–Crippen LogP) is 1.54. The van der Waals surface area contributed by atoms with Crippen LogP contribution in [-0.4, -0.2) is 61.2 Å². The van der Waals surface area contributed by atoms with Crippen LogP contribution in [0.25, 0.3) is 0 Å². The van der Waals surface area contributed by atoms with Crippen molar-refractivity contribution in [2.75, 3.05) is 39.3 Å². The van der Waals surface area contributed by atoms with Crippen LogP contribution in [0.5, 0.6) is 0 Å². The lowest BCUT2D eigenvalue weighted by Gasteiger charge is -2.24. The van der Waals surface area contributed by atoms with Crippen LogP contribution in [0.4, 0.5) is 0 Å². The standard InChI is InChI=1S/C15H29N3/c1-13(14-4-5-14)16-7-11-17-10-6-15(12-17)18-8-2-3-9-18/h13-16H,2-12H2,1H3. The maximum absolute atomic E-state index is 3.70. The van der Waals surface area contributed by atoms with Gasteiger partial charge in [0.25, 0.3) is 0 Å². The molecule has 0 aromatic heterocycles. The average Bonchev–Trinajstić information content (AvgIpc) is 2.90. The van der Waals surface area contributed by atoms with Gasteiger partial charge in [-0.1, -0.05) is 0 Å². The number of rotatable bonds is 6. The average molecular weight is 251 g/mol. The van der Waals surface area contributed by atoms with E-state index in [-0.39, 0.29) is 0 Å². The van der Waals surface area contributed by atoms with Crippen molar-refractivity contribution < 1.29 is 0 Å². The van der Waals surface area contributed by atoms with E-state index >= 15 is 0 Å². The first-order valence-corrected chi connectivity index (χ1v) is 8.03. The number of nitrogens with zero attached hydrogens (tertiary/aromatic N) is 2.